The Balaban J connectivity index is 1.50. The standard InChI is InChI=1S/C14H20N4O/c1-8-5-16-6-12(18-8)7-17-14(19)13(15)11-3-9-2-10(9)4-11/h5-6,9-11,13H,2-4,7,15H2,1H3,(H,17,19). The second kappa shape index (κ2) is 4.89. The Labute approximate surface area is 113 Å². The first kappa shape index (κ1) is 12.5. The van der Waals surface area contributed by atoms with Gasteiger partial charge in [-0.3, -0.25) is 14.8 Å². The lowest BCUT2D eigenvalue weighted by Crippen LogP contribution is -2.45. The zero-order chi connectivity index (χ0) is 13.4. The number of nitrogens with two attached hydrogens (primary N) is 1. The van der Waals surface area contributed by atoms with Crippen LogP contribution in [0.5, 0.6) is 0 Å². The molecule has 3 atom stereocenters. The average molecular weight is 260 g/mol. The van der Waals surface area contributed by atoms with Gasteiger partial charge in [0.2, 0.25) is 5.91 Å². The van der Waals surface area contributed by atoms with Gasteiger partial charge in [0, 0.05) is 6.20 Å². The van der Waals surface area contributed by atoms with Crippen LogP contribution >= 0.6 is 0 Å². The molecule has 1 heterocycles. The topological polar surface area (TPSA) is 80.9 Å². The molecule has 0 aromatic carbocycles. The van der Waals surface area contributed by atoms with Crippen LogP contribution < -0.4 is 11.1 Å². The van der Waals surface area contributed by atoms with Crippen LogP contribution in [0.15, 0.2) is 12.4 Å². The summed E-state index contributed by atoms with van der Waals surface area (Å²) in [7, 11) is 0. The highest BCUT2D eigenvalue weighted by Gasteiger charge is 2.48. The number of amides is 1. The van der Waals surface area contributed by atoms with Gasteiger partial charge in [0.05, 0.1) is 30.2 Å². The minimum absolute atomic E-state index is 0.0605. The van der Waals surface area contributed by atoms with Crippen LogP contribution in [0.1, 0.15) is 30.7 Å². The van der Waals surface area contributed by atoms with Gasteiger partial charge in [-0.15, -0.1) is 0 Å². The van der Waals surface area contributed by atoms with Crippen molar-refractivity contribution in [1.82, 2.24) is 15.3 Å². The van der Waals surface area contributed by atoms with Crippen molar-refractivity contribution in [1.29, 1.82) is 0 Å². The van der Waals surface area contributed by atoms with Crippen LogP contribution in [-0.4, -0.2) is 21.9 Å². The molecule has 1 aromatic rings. The number of nitrogens with one attached hydrogen (secondary N) is 1. The van der Waals surface area contributed by atoms with Gasteiger partial charge in [0.1, 0.15) is 0 Å². The molecule has 5 nitrogen and oxygen atoms in total. The first-order valence-electron chi connectivity index (χ1n) is 6.94. The maximum atomic E-state index is 12.0. The molecule has 102 valence electrons. The number of fused-ring (bicyclic) bond motifs is 1. The summed E-state index contributed by atoms with van der Waals surface area (Å²) < 4.78 is 0. The Kier molecular flexibility index (Phi) is 3.22. The van der Waals surface area contributed by atoms with E-state index >= 15 is 0 Å². The van der Waals surface area contributed by atoms with Gasteiger partial charge in [0.25, 0.3) is 0 Å². The van der Waals surface area contributed by atoms with E-state index in [2.05, 4.69) is 15.3 Å². The van der Waals surface area contributed by atoms with Crippen molar-refractivity contribution >= 4 is 5.91 Å². The Morgan fingerprint density at radius 3 is 2.84 bits per heavy atom. The Hall–Kier alpha value is -1.49. The van der Waals surface area contributed by atoms with Crippen LogP contribution in [0.25, 0.3) is 0 Å². The van der Waals surface area contributed by atoms with E-state index in [9.17, 15) is 4.79 Å². The molecule has 0 spiro atoms. The number of nitrogens with zero attached hydrogens (tertiary/aromatic N) is 2. The lowest BCUT2D eigenvalue weighted by Gasteiger charge is -2.19. The maximum absolute atomic E-state index is 12.0. The molecule has 19 heavy (non-hydrogen) atoms. The molecule has 3 N–H and O–H groups in total. The molecule has 3 unspecified atom stereocenters. The van der Waals surface area contributed by atoms with Crippen molar-refractivity contribution in [2.75, 3.05) is 0 Å². The van der Waals surface area contributed by atoms with E-state index < -0.39 is 0 Å². The Bertz CT molecular complexity index is 480. The van der Waals surface area contributed by atoms with Crippen molar-refractivity contribution in [3.05, 3.63) is 23.8 Å². The van der Waals surface area contributed by atoms with Crippen molar-refractivity contribution in [3.63, 3.8) is 0 Å². The number of carbonyl (C=O) groups is 1. The zero-order valence-corrected chi connectivity index (χ0v) is 11.2. The highest BCUT2D eigenvalue weighted by Crippen LogP contribution is 2.54. The smallest absolute Gasteiger partial charge is 0.237 e. The minimum atomic E-state index is -0.370. The lowest BCUT2D eigenvalue weighted by molar-refractivity contribution is -0.123. The number of hydrogen-bond donors (Lipinski definition) is 2. The van der Waals surface area contributed by atoms with E-state index in [1.165, 1.54) is 6.42 Å². The van der Waals surface area contributed by atoms with Crippen LogP contribution in [0.2, 0.25) is 0 Å². The number of rotatable bonds is 4. The fraction of sp³-hybridized carbons (Fsp3) is 0.643. The summed E-state index contributed by atoms with van der Waals surface area (Å²) in [6, 6.07) is -0.370. The van der Waals surface area contributed by atoms with Gasteiger partial charge in [-0.1, -0.05) is 0 Å². The molecule has 0 saturated heterocycles. The number of aryl methyl sites for hydroxylation is 1. The van der Waals surface area contributed by atoms with Gasteiger partial charge in [-0.25, -0.2) is 0 Å². The molecular weight excluding hydrogens is 240 g/mol. The molecular formula is C14H20N4O. The summed E-state index contributed by atoms with van der Waals surface area (Å²) in [6.45, 7) is 2.29. The summed E-state index contributed by atoms with van der Waals surface area (Å²) >= 11 is 0. The second-order valence-electron chi connectivity index (χ2n) is 5.88. The Morgan fingerprint density at radius 2 is 2.16 bits per heavy atom. The van der Waals surface area contributed by atoms with E-state index in [4.69, 9.17) is 5.73 Å². The molecule has 2 fully saturated rings. The molecule has 2 aliphatic rings. The highest BCUT2D eigenvalue weighted by atomic mass is 16.2. The van der Waals surface area contributed by atoms with E-state index in [1.54, 1.807) is 12.4 Å². The molecule has 2 aliphatic carbocycles. The number of aromatic nitrogens is 2. The number of hydrogen-bond acceptors (Lipinski definition) is 4. The molecule has 5 heteroatoms. The van der Waals surface area contributed by atoms with Crippen molar-refractivity contribution in [2.24, 2.45) is 23.5 Å². The van der Waals surface area contributed by atoms with Crippen molar-refractivity contribution in [3.8, 4) is 0 Å². The largest absolute Gasteiger partial charge is 0.349 e. The second-order valence-corrected chi connectivity index (χ2v) is 5.88. The van der Waals surface area contributed by atoms with Gasteiger partial charge in [0.15, 0.2) is 0 Å². The van der Waals surface area contributed by atoms with Gasteiger partial charge in [-0.2, -0.15) is 0 Å². The lowest BCUT2D eigenvalue weighted by atomic mass is 9.94. The fourth-order valence-corrected chi connectivity index (χ4v) is 3.17. The molecule has 1 aromatic heterocycles. The monoisotopic (exact) mass is 260 g/mol. The third-order valence-corrected chi connectivity index (χ3v) is 4.34. The summed E-state index contributed by atoms with van der Waals surface area (Å²) in [4.78, 5) is 20.4. The van der Waals surface area contributed by atoms with Crippen LogP contribution in [0.3, 0.4) is 0 Å². The van der Waals surface area contributed by atoms with E-state index in [0.29, 0.717) is 12.5 Å². The predicted octanol–water partition coefficient (Wildman–Crippen LogP) is 0.775. The molecule has 0 bridgehead atoms. The highest BCUT2D eigenvalue weighted by molar-refractivity contribution is 5.81. The first-order valence-corrected chi connectivity index (χ1v) is 6.94. The van der Waals surface area contributed by atoms with E-state index in [0.717, 1.165) is 36.1 Å². The van der Waals surface area contributed by atoms with Crippen molar-refractivity contribution < 1.29 is 4.79 Å². The maximum Gasteiger partial charge on any atom is 0.237 e. The summed E-state index contributed by atoms with van der Waals surface area (Å²) in [5, 5.41) is 2.87. The van der Waals surface area contributed by atoms with Gasteiger partial charge in [-0.05, 0) is 43.9 Å². The molecule has 0 radical (unpaired) electrons. The number of carbonyl (C=O) groups excluding carboxylic acids is 1. The quantitative estimate of drug-likeness (QED) is 0.838. The molecule has 2 saturated carbocycles. The predicted molar refractivity (Wildman–Crippen MR) is 70.9 cm³/mol. The van der Waals surface area contributed by atoms with Crippen molar-refractivity contribution in [2.45, 2.75) is 38.8 Å². The summed E-state index contributed by atoms with van der Waals surface area (Å²) in [5.41, 5.74) is 7.68. The fourth-order valence-electron chi connectivity index (χ4n) is 3.17. The minimum Gasteiger partial charge on any atom is -0.349 e. The average Bonchev–Trinajstić information content (AvgIpc) is 3.02. The Morgan fingerprint density at radius 1 is 1.42 bits per heavy atom. The third kappa shape index (κ3) is 2.76. The van der Waals surface area contributed by atoms with Crippen LogP contribution in [-0.2, 0) is 11.3 Å². The first-order chi connectivity index (χ1) is 9.13. The molecule has 0 aliphatic heterocycles. The third-order valence-electron chi connectivity index (χ3n) is 4.34. The van der Waals surface area contributed by atoms with Crippen LogP contribution in [0, 0.1) is 24.7 Å². The normalized spacial score (nSPS) is 29.7. The van der Waals surface area contributed by atoms with E-state index in [-0.39, 0.29) is 11.9 Å². The van der Waals surface area contributed by atoms with Gasteiger partial charge >= 0.3 is 0 Å². The van der Waals surface area contributed by atoms with E-state index in [1.807, 2.05) is 6.92 Å². The SMILES string of the molecule is Cc1cncc(CNC(=O)C(N)C2CC3CC3C2)n1. The zero-order valence-electron chi connectivity index (χ0n) is 11.2. The molecule has 1 amide bonds. The molecule has 3 rings (SSSR count). The summed E-state index contributed by atoms with van der Waals surface area (Å²) in [6.07, 6.45) is 6.97. The van der Waals surface area contributed by atoms with Gasteiger partial charge < -0.3 is 11.1 Å². The van der Waals surface area contributed by atoms with Crippen LogP contribution in [0.4, 0.5) is 0 Å². The summed E-state index contributed by atoms with van der Waals surface area (Å²) in [5.74, 6) is 2.01.